The van der Waals surface area contributed by atoms with Gasteiger partial charge in [-0.05, 0) is 38.6 Å². The summed E-state index contributed by atoms with van der Waals surface area (Å²) in [6.07, 6.45) is 17.3. The van der Waals surface area contributed by atoms with Crippen LogP contribution in [-0.4, -0.2) is 155 Å². The zero-order chi connectivity index (χ0) is 75.8. The largest absolute Gasteiger partial charge is 0.421 e. The van der Waals surface area contributed by atoms with Gasteiger partial charge in [0.1, 0.15) is 17.7 Å². The molecule has 12 radical (unpaired) electrons. The van der Waals surface area contributed by atoms with Crippen LogP contribution in [0.4, 0.5) is 0 Å². The van der Waals surface area contributed by atoms with Crippen LogP contribution in [0.2, 0.25) is 0 Å². The molecule has 98 heavy (non-hydrogen) atoms. The van der Waals surface area contributed by atoms with Crippen molar-refractivity contribution in [2.75, 3.05) is 0 Å². The zero-order valence-electron chi connectivity index (χ0n) is 63.0. The summed E-state index contributed by atoms with van der Waals surface area (Å²) in [5.41, 5.74) is 14.9. The van der Waals surface area contributed by atoms with Crippen LogP contribution in [0, 0.1) is 32.5 Å². The second kappa shape index (κ2) is 37.9. The molecule has 21 nitrogen and oxygen atoms in total. The van der Waals surface area contributed by atoms with Crippen LogP contribution >= 0.6 is 0 Å². The molecule has 6 aromatic rings. The van der Waals surface area contributed by atoms with E-state index in [2.05, 4.69) is 260 Å². The van der Waals surface area contributed by atoms with Gasteiger partial charge in [-0.2, -0.15) is 25.5 Å². The Balaban J connectivity index is 0.000000545. The molecule has 0 atom stereocenters. The summed E-state index contributed by atoms with van der Waals surface area (Å²) in [4.78, 5) is 65.3. The van der Waals surface area contributed by atoms with Gasteiger partial charge < -0.3 is 28.9 Å². The summed E-state index contributed by atoms with van der Waals surface area (Å²) in [5.74, 6) is -0.902. The Hall–Kier alpha value is -8.62. The summed E-state index contributed by atoms with van der Waals surface area (Å²) in [5, 5.41) is 22.0. The molecule has 0 fully saturated rings. The van der Waals surface area contributed by atoms with Crippen molar-refractivity contribution in [3.63, 3.8) is 0 Å². The summed E-state index contributed by atoms with van der Waals surface area (Å²) < 4.78 is 0. The van der Waals surface area contributed by atoms with Gasteiger partial charge in [-0.25, -0.2) is 15.0 Å². The summed E-state index contributed by atoms with van der Waals surface area (Å²) in [6, 6.07) is 1.74. The predicted octanol–water partition coefficient (Wildman–Crippen LogP) is 12.8. The maximum atomic E-state index is 11.3. The first-order valence-electron chi connectivity index (χ1n) is 31.7. The monoisotopic (exact) mass is 1320 g/mol. The molecule has 6 aromatic heterocycles. The lowest BCUT2D eigenvalue weighted by Gasteiger charge is -2.10. The summed E-state index contributed by atoms with van der Waals surface area (Å²) in [7, 11) is 32.9. The smallest absolute Gasteiger partial charge is 0.266 e. The van der Waals surface area contributed by atoms with E-state index in [0.29, 0.717) is 92.6 Å². The number of carbonyl (C=O) groups excluding carboxylic acids is 3. The van der Waals surface area contributed by atoms with E-state index >= 15 is 0 Å². The Morgan fingerprint density at radius 3 is 1.16 bits per heavy atom. The van der Waals surface area contributed by atoms with Crippen LogP contribution in [0.5, 0.6) is 0 Å². The van der Waals surface area contributed by atoms with Crippen molar-refractivity contribution in [2.45, 2.75) is 192 Å². The second-order valence-corrected chi connectivity index (χ2v) is 32.6. The molecule has 12 heterocycles. The Bertz CT molecular complexity index is 3130. The highest BCUT2D eigenvalue weighted by atomic mass is 16.2. The number of aromatic nitrogens is 12. The van der Waals surface area contributed by atoms with E-state index in [9.17, 15) is 14.4 Å². The van der Waals surface area contributed by atoms with Gasteiger partial charge in [0.2, 0.25) is 53.8 Å². The van der Waals surface area contributed by atoms with Gasteiger partial charge in [-0.3, -0.25) is 29.3 Å². The minimum atomic E-state index is -0.358. The fourth-order valence-electron chi connectivity index (χ4n) is 6.65. The Kier molecular flexibility index (Phi) is 33.8. The van der Waals surface area contributed by atoms with Crippen molar-refractivity contribution in [2.24, 2.45) is 32.5 Å². The number of hydrogen-bond acceptors (Lipinski definition) is 18. The van der Waals surface area contributed by atoms with Crippen molar-refractivity contribution in [3.05, 3.63) is 175 Å². The van der Waals surface area contributed by atoms with E-state index in [0.717, 1.165) is 70.9 Å². The molecule has 0 N–H and O–H groups in total. The standard InChI is InChI=1S/2C7H4BN3O.3C7H6BN3.C6H4BN3O.6C5H12/c1-4-5-2-9-10-3-6(5)7(12)11(4)8;1-4-5-6(7(12)11(4)8)10-3-2-9-5;1-5-7-3-10-9-2-6(7)4-11(5)8;1-5-7-6(3-11(5)8)2-9-4-10-7;1-5-7-6(4-11(5)8)9-2-3-10-7;7-10-3-4-1-2-8-9-5(4)6(10)11;6*1-5(2,3)4/h2*2-3H,1H2;2-3H,1,4H2;2,4H,1,3H2;2-3H,1,4H2;1-2H,3H2;6*1-4H3. The molecule has 3 amide bonds. The Labute approximate surface area is 594 Å². The number of rotatable bonds is 0. The van der Waals surface area contributed by atoms with Gasteiger partial charge in [0.05, 0.1) is 47.4 Å². The average Bonchev–Trinajstić information content (AvgIpc) is 1.67. The minimum absolute atomic E-state index is 0.256. The number of carbonyl (C=O) groups is 3. The molecular formula is C71H102B6N18O3. The molecule has 0 aliphatic carbocycles. The maximum Gasteiger partial charge on any atom is 0.266 e. The average molecular weight is 1320 g/mol. The van der Waals surface area contributed by atoms with E-state index in [-0.39, 0.29) is 23.4 Å². The molecule has 0 saturated heterocycles. The zero-order valence-corrected chi connectivity index (χ0v) is 63.0. The maximum absolute atomic E-state index is 11.3. The van der Waals surface area contributed by atoms with Crippen molar-refractivity contribution >= 4 is 94.1 Å². The van der Waals surface area contributed by atoms with Crippen molar-refractivity contribution in [3.8, 4) is 0 Å². The lowest BCUT2D eigenvalue weighted by atomic mass is 10.0. The molecule has 0 saturated carbocycles. The summed E-state index contributed by atoms with van der Waals surface area (Å²) in [6.45, 7) is 73.5. The van der Waals surface area contributed by atoms with Gasteiger partial charge in [0.15, 0.2) is 11.4 Å². The molecule has 6 aliphatic rings. The molecule has 27 heteroatoms. The van der Waals surface area contributed by atoms with E-state index in [1.165, 1.54) is 31.1 Å². The van der Waals surface area contributed by atoms with Gasteiger partial charge in [-0.1, -0.05) is 199 Å². The van der Waals surface area contributed by atoms with Crippen LogP contribution in [-0.2, 0) is 26.2 Å². The van der Waals surface area contributed by atoms with Crippen LogP contribution in [0.25, 0.3) is 28.5 Å². The first-order valence-corrected chi connectivity index (χ1v) is 31.7. The molecule has 0 bridgehead atoms. The topological polar surface area (TPSA) is 225 Å². The molecule has 12 rings (SSSR count). The number of hydrogen-bond donors (Lipinski definition) is 0. The van der Waals surface area contributed by atoms with Crippen LogP contribution in [0.15, 0.2) is 107 Å². The van der Waals surface area contributed by atoms with E-state index in [1.54, 1.807) is 57.7 Å². The van der Waals surface area contributed by atoms with Crippen molar-refractivity contribution in [1.82, 2.24) is 89.4 Å². The van der Waals surface area contributed by atoms with E-state index in [1.807, 2.05) is 0 Å². The first-order chi connectivity index (χ1) is 44.6. The van der Waals surface area contributed by atoms with Crippen molar-refractivity contribution in [1.29, 1.82) is 0 Å². The molecule has 512 valence electrons. The fraction of sp³-hybridized carbons (Fsp3) is 0.479. The lowest BCUT2D eigenvalue weighted by molar-refractivity contribution is 0.0873. The van der Waals surface area contributed by atoms with Gasteiger partial charge in [-0.15, -0.1) is 5.10 Å². The van der Waals surface area contributed by atoms with Crippen LogP contribution < -0.4 is 0 Å². The third-order valence-electron chi connectivity index (χ3n) is 10.3. The molecule has 0 aromatic carbocycles. The summed E-state index contributed by atoms with van der Waals surface area (Å²) >= 11 is 0. The normalized spacial score (nSPS) is 14.2. The molecular weight excluding hydrogens is 1220 g/mol. The molecule has 0 unspecified atom stereocenters. The van der Waals surface area contributed by atoms with Crippen LogP contribution in [0.1, 0.15) is 248 Å². The van der Waals surface area contributed by atoms with Gasteiger partial charge in [0, 0.05) is 114 Å². The first kappa shape index (κ1) is 87.4. The fourth-order valence-corrected chi connectivity index (χ4v) is 6.65. The molecule has 6 aliphatic heterocycles. The number of nitrogens with zero attached hydrogens (tertiary/aromatic N) is 18. The quantitative estimate of drug-likeness (QED) is 0.129. The Morgan fingerprint density at radius 1 is 0.327 bits per heavy atom. The van der Waals surface area contributed by atoms with Gasteiger partial charge in [0.25, 0.3) is 11.8 Å². The predicted molar refractivity (Wildman–Crippen MR) is 402 cm³/mol. The van der Waals surface area contributed by atoms with Crippen molar-refractivity contribution < 1.29 is 14.4 Å². The molecule has 0 spiro atoms. The SMILES string of the molecule is CC(C)(C)C.CC(C)(C)C.CC(C)(C)C.CC(C)(C)C.CC(C)(C)C.CC(C)(C)C.[B]N1C(=C)c2cnncc2C1=O.[B]N1C(=C)c2nccnc2C1=O.[B]N1Cc2ccnnc2C1=O.[B]N1Cc2cncnc2C1=C.[B]N1Cc2cnncc2C1=C.[B]N1Cc2nccnc2C1=C. The number of fused-ring (bicyclic) bond motifs is 6. The van der Waals surface area contributed by atoms with E-state index < -0.39 is 0 Å². The third-order valence-corrected chi connectivity index (χ3v) is 10.3. The third kappa shape index (κ3) is 34.5. The Morgan fingerprint density at radius 2 is 0.714 bits per heavy atom. The highest BCUT2D eigenvalue weighted by Crippen LogP contribution is 2.30. The lowest BCUT2D eigenvalue weighted by Crippen LogP contribution is -2.20. The highest BCUT2D eigenvalue weighted by molar-refractivity contribution is 6.28. The highest BCUT2D eigenvalue weighted by Gasteiger charge is 2.31. The minimum Gasteiger partial charge on any atom is -0.421 e. The number of amides is 3. The van der Waals surface area contributed by atoms with Gasteiger partial charge >= 0.3 is 0 Å². The van der Waals surface area contributed by atoms with Crippen LogP contribution in [0.3, 0.4) is 0 Å². The second-order valence-electron chi connectivity index (χ2n) is 32.6. The van der Waals surface area contributed by atoms with E-state index in [4.69, 9.17) is 47.9 Å².